The summed E-state index contributed by atoms with van der Waals surface area (Å²) in [5.74, 6) is 1.09. The van der Waals surface area contributed by atoms with Gasteiger partial charge in [0, 0.05) is 68.7 Å². The number of amides is 1. The molecule has 0 unspecified atom stereocenters. The fourth-order valence-corrected chi connectivity index (χ4v) is 3.84. The molecule has 4 heterocycles. The zero-order valence-corrected chi connectivity index (χ0v) is 15.7. The molecular weight excluding hydrogens is 342 g/mol. The van der Waals surface area contributed by atoms with Gasteiger partial charge in [0.05, 0.1) is 18.9 Å². The third kappa shape index (κ3) is 3.93. The van der Waals surface area contributed by atoms with Crippen LogP contribution in [0, 0.1) is 0 Å². The molecule has 27 heavy (non-hydrogen) atoms. The molecule has 142 valence electrons. The first-order valence-corrected chi connectivity index (χ1v) is 9.58. The van der Waals surface area contributed by atoms with Gasteiger partial charge in [-0.2, -0.15) is 0 Å². The minimum Gasteiger partial charge on any atom is -0.378 e. The second kappa shape index (κ2) is 8.00. The lowest BCUT2D eigenvalue weighted by molar-refractivity contribution is -0.130. The van der Waals surface area contributed by atoms with Crippen molar-refractivity contribution in [2.45, 2.75) is 25.7 Å². The molecule has 1 atom stereocenters. The molecule has 0 aliphatic carbocycles. The van der Waals surface area contributed by atoms with Crippen molar-refractivity contribution in [2.24, 2.45) is 0 Å². The molecule has 0 N–H and O–H groups in total. The van der Waals surface area contributed by atoms with E-state index in [9.17, 15) is 4.79 Å². The summed E-state index contributed by atoms with van der Waals surface area (Å²) in [6.07, 6.45) is 7.55. The molecule has 1 amide bonds. The van der Waals surface area contributed by atoms with Crippen LogP contribution in [0.1, 0.15) is 31.4 Å². The first kappa shape index (κ1) is 17.9. The summed E-state index contributed by atoms with van der Waals surface area (Å²) in [6.45, 7) is 6.18. The number of nitrogens with zero attached hydrogens (tertiary/aromatic N) is 5. The fourth-order valence-electron chi connectivity index (χ4n) is 3.84. The minimum atomic E-state index is 0.130. The van der Waals surface area contributed by atoms with Gasteiger partial charge < -0.3 is 14.5 Å². The van der Waals surface area contributed by atoms with Gasteiger partial charge in [-0.05, 0) is 18.9 Å². The van der Waals surface area contributed by atoms with Gasteiger partial charge in [0.1, 0.15) is 0 Å². The van der Waals surface area contributed by atoms with Gasteiger partial charge in [0.25, 0.3) is 0 Å². The predicted octanol–water partition coefficient (Wildman–Crippen LogP) is 2.10. The number of hydrogen-bond donors (Lipinski definition) is 0. The van der Waals surface area contributed by atoms with Gasteiger partial charge in [-0.25, -0.2) is 9.97 Å². The maximum Gasteiger partial charge on any atom is 0.225 e. The van der Waals surface area contributed by atoms with E-state index in [2.05, 4.69) is 14.9 Å². The van der Waals surface area contributed by atoms with Crippen LogP contribution in [0.25, 0.3) is 11.1 Å². The lowest BCUT2D eigenvalue weighted by atomic mass is 9.90. The highest BCUT2D eigenvalue weighted by Gasteiger charge is 2.27. The SMILES string of the molecule is CC(=O)N1CCC[C@H](c2nc(N3CCOCC3)ncc2-c2cccnc2)C1. The summed E-state index contributed by atoms with van der Waals surface area (Å²) in [4.78, 5) is 29.9. The van der Waals surface area contributed by atoms with E-state index in [-0.39, 0.29) is 11.8 Å². The quantitative estimate of drug-likeness (QED) is 0.827. The number of rotatable bonds is 3. The van der Waals surface area contributed by atoms with Crippen LogP contribution in [0.4, 0.5) is 5.95 Å². The Bertz CT molecular complexity index is 792. The van der Waals surface area contributed by atoms with Gasteiger partial charge in [0.2, 0.25) is 11.9 Å². The normalized spacial score (nSPS) is 20.6. The van der Waals surface area contributed by atoms with Crippen molar-refractivity contribution in [1.82, 2.24) is 19.9 Å². The Balaban J connectivity index is 1.72. The van der Waals surface area contributed by atoms with Gasteiger partial charge in [-0.3, -0.25) is 9.78 Å². The third-order valence-corrected chi connectivity index (χ3v) is 5.33. The Morgan fingerprint density at radius 2 is 2.07 bits per heavy atom. The average Bonchev–Trinajstić information content (AvgIpc) is 2.74. The summed E-state index contributed by atoms with van der Waals surface area (Å²) >= 11 is 0. The minimum absolute atomic E-state index is 0.130. The molecule has 2 aliphatic heterocycles. The topological polar surface area (TPSA) is 71.5 Å². The number of aromatic nitrogens is 3. The van der Waals surface area contributed by atoms with Crippen LogP contribution in [0.3, 0.4) is 0 Å². The predicted molar refractivity (Wildman–Crippen MR) is 103 cm³/mol. The van der Waals surface area contributed by atoms with Crippen molar-refractivity contribution in [1.29, 1.82) is 0 Å². The lowest BCUT2D eigenvalue weighted by Gasteiger charge is -2.33. The highest BCUT2D eigenvalue weighted by Crippen LogP contribution is 2.33. The molecule has 2 aliphatic rings. The number of pyridine rings is 1. The van der Waals surface area contributed by atoms with Crippen LogP contribution in [-0.2, 0) is 9.53 Å². The zero-order chi connectivity index (χ0) is 18.6. The summed E-state index contributed by atoms with van der Waals surface area (Å²) in [5.41, 5.74) is 3.04. The number of morpholine rings is 1. The maximum absolute atomic E-state index is 11.9. The van der Waals surface area contributed by atoms with Crippen molar-refractivity contribution in [3.05, 3.63) is 36.4 Å². The Hall–Kier alpha value is -2.54. The van der Waals surface area contributed by atoms with Crippen LogP contribution in [-0.4, -0.2) is 65.2 Å². The summed E-state index contributed by atoms with van der Waals surface area (Å²) < 4.78 is 5.45. The van der Waals surface area contributed by atoms with E-state index in [4.69, 9.17) is 9.72 Å². The van der Waals surface area contributed by atoms with Crippen molar-refractivity contribution < 1.29 is 9.53 Å². The summed E-state index contributed by atoms with van der Waals surface area (Å²) in [7, 11) is 0. The largest absolute Gasteiger partial charge is 0.378 e. The van der Waals surface area contributed by atoms with Crippen LogP contribution in [0.5, 0.6) is 0 Å². The smallest absolute Gasteiger partial charge is 0.225 e. The molecule has 2 aromatic rings. The maximum atomic E-state index is 11.9. The first-order chi connectivity index (χ1) is 13.2. The number of carbonyl (C=O) groups is 1. The lowest BCUT2D eigenvalue weighted by Crippen LogP contribution is -2.39. The van der Waals surface area contributed by atoms with E-state index in [1.54, 1.807) is 13.1 Å². The van der Waals surface area contributed by atoms with Crippen molar-refractivity contribution >= 4 is 11.9 Å². The molecule has 0 aromatic carbocycles. The molecule has 0 radical (unpaired) electrons. The van der Waals surface area contributed by atoms with Crippen molar-refractivity contribution in [2.75, 3.05) is 44.3 Å². The van der Waals surface area contributed by atoms with Gasteiger partial charge in [-0.15, -0.1) is 0 Å². The monoisotopic (exact) mass is 367 g/mol. The Morgan fingerprint density at radius 1 is 1.22 bits per heavy atom. The zero-order valence-electron chi connectivity index (χ0n) is 15.7. The number of likely N-dealkylation sites (tertiary alicyclic amines) is 1. The molecular formula is C20H25N5O2. The highest BCUT2D eigenvalue weighted by molar-refractivity contribution is 5.73. The molecule has 2 fully saturated rings. The van der Waals surface area contributed by atoms with Gasteiger partial charge in [0.15, 0.2) is 0 Å². The number of ether oxygens (including phenoxy) is 1. The average molecular weight is 367 g/mol. The number of carbonyl (C=O) groups excluding carboxylic acids is 1. The van der Waals surface area contributed by atoms with E-state index in [0.29, 0.717) is 19.8 Å². The second-order valence-corrected chi connectivity index (χ2v) is 7.11. The van der Waals surface area contributed by atoms with Crippen molar-refractivity contribution in [3.63, 3.8) is 0 Å². The molecule has 0 saturated carbocycles. The van der Waals surface area contributed by atoms with E-state index < -0.39 is 0 Å². The third-order valence-electron chi connectivity index (χ3n) is 5.33. The molecule has 7 heteroatoms. The first-order valence-electron chi connectivity index (χ1n) is 9.58. The van der Waals surface area contributed by atoms with Gasteiger partial charge in [-0.1, -0.05) is 6.07 Å². The Morgan fingerprint density at radius 3 is 2.81 bits per heavy atom. The second-order valence-electron chi connectivity index (χ2n) is 7.11. The number of anilines is 1. The number of piperidine rings is 1. The van der Waals surface area contributed by atoms with Crippen molar-refractivity contribution in [3.8, 4) is 11.1 Å². The molecule has 4 rings (SSSR count). The molecule has 0 spiro atoms. The van der Waals surface area contributed by atoms with E-state index in [1.807, 2.05) is 29.4 Å². The molecule has 0 bridgehead atoms. The Labute approximate surface area is 159 Å². The van der Waals surface area contributed by atoms with E-state index in [0.717, 1.165) is 55.2 Å². The summed E-state index contributed by atoms with van der Waals surface area (Å²) in [6, 6.07) is 3.97. The molecule has 2 saturated heterocycles. The fraction of sp³-hybridized carbons (Fsp3) is 0.500. The van der Waals surface area contributed by atoms with Gasteiger partial charge >= 0.3 is 0 Å². The van der Waals surface area contributed by atoms with Crippen LogP contribution >= 0.6 is 0 Å². The highest BCUT2D eigenvalue weighted by atomic mass is 16.5. The number of hydrogen-bond acceptors (Lipinski definition) is 6. The van der Waals surface area contributed by atoms with Crippen LogP contribution in [0.2, 0.25) is 0 Å². The van der Waals surface area contributed by atoms with Crippen LogP contribution in [0.15, 0.2) is 30.7 Å². The summed E-state index contributed by atoms with van der Waals surface area (Å²) in [5, 5.41) is 0. The van der Waals surface area contributed by atoms with Crippen LogP contribution < -0.4 is 4.90 Å². The van der Waals surface area contributed by atoms with E-state index in [1.165, 1.54) is 0 Å². The molecule has 7 nitrogen and oxygen atoms in total. The van der Waals surface area contributed by atoms with E-state index >= 15 is 0 Å². The molecule has 2 aromatic heterocycles. The Kier molecular flexibility index (Phi) is 5.29. The standard InChI is InChI=1S/C20H25N5O2/c1-15(26)25-7-3-5-17(14-25)19-18(16-4-2-6-21-12-16)13-22-20(23-19)24-8-10-27-11-9-24/h2,4,6,12-13,17H,3,5,7-11,14H2,1H3/t17-/m0/s1.